The molecule has 0 unspecified atom stereocenters. The SMILES string of the molecule is CN(C)c1ncc(-c2cncnc2)c([C@@H]2CNCCO2)n1. The molecule has 21 heavy (non-hydrogen) atoms. The number of rotatable bonds is 3. The smallest absolute Gasteiger partial charge is 0.225 e. The fourth-order valence-corrected chi connectivity index (χ4v) is 2.25. The van der Waals surface area contributed by atoms with E-state index in [1.165, 1.54) is 6.33 Å². The third-order valence-corrected chi connectivity index (χ3v) is 3.31. The first-order chi connectivity index (χ1) is 10.3. The zero-order valence-electron chi connectivity index (χ0n) is 12.2. The van der Waals surface area contributed by atoms with Crippen LogP contribution in [0.3, 0.4) is 0 Å². The fraction of sp³-hybridized carbons (Fsp3) is 0.429. The van der Waals surface area contributed by atoms with Crippen molar-refractivity contribution >= 4 is 5.95 Å². The van der Waals surface area contributed by atoms with Gasteiger partial charge in [0.15, 0.2) is 0 Å². The average Bonchev–Trinajstić information content (AvgIpc) is 2.56. The molecule has 0 radical (unpaired) electrons. The number of nitrogens with zero attached hydrogens (tertiary/aromatic N) is 5. The van der Waals surface area contributed by atoms with Gasteiger partial charge in [0.1, 0.15) is 12.4 Å². The quantitative estimate of drug-likeness (QED) is 0.888. The average molecular weight is 286 g/mol. The second kappa shape index (κ2) is 6.11. The van der Waals surface area contributed by atoms with E-state index in [0.29, 0.717) is 12.6 Å². The minimum atomic E-state index is -0.0874. The number of ether oxygens (including phenoxy) is 1. The van der Waals surface area contributed by atoms with Crippen molar-refractivity contribution in [2.24, 2.45) is 0 Å². The summed E-state index contributed by atoms with van der Waals surface area (Å²) in [6, 6.07) is 0. The molecular weight excluding hydrogens is 268 g/mol. The van der Waals surface area contributed by atoms with Crippen LogP contribution in [-0.2, 0) is 4.74 Å². The van der Waals surface area contributed by atoms with Crippen molar-refractivity contribution in [1.29, 1.82) is 0 Å². The van der Waals surface area contributed by atoms with Crippen LogP contribution in [0.15, 0.2) is 24.9 Å². The number of morpholine rings is 1. The highest BCUT2D eigenvalue weighted by atomic mass is 16.5. The first kappa shape index (κ1) is 13.8. The van der Waals surface area contributed by atoms with Gasteiger partial charge in [0.25, 0.3) is 0 Å². The zero-order chi connectivity index (χ0) is 14.7. The Morgan fingerprint density at radius 3 is 2.71 bits per heavy atom. The Bertz CT molecular complexity index is 598. The lowest BCUT2D eigenvalue weighted by Gasteiger charge is -2.25. The van der Waals surface area contributed by atoms with Crippen LogP contribution in [0.1, 0.15) is 11.8 Å². The summed E-state index contributed by atoms with van der Waals surface area (Å²) in [5.74, 6) is 0.666. The molecule has 110 valence electrons. The molecule has 0 aliphatic carbocycles. The van der Waals surface area contributed by atoms with Crippen molar-refractivity contribution in [2.75, 3.05) is 38.7 Å². The Kier molecular flexibility index (Phi) is 4.03. The standard InChI is InChI=1S/C14H18N6O/c1-20(2)14-18-7-11(10-5-16-9-17-6-10)13(19-14)12-8-15-3-4-21-12/h5-7,9,12,15H,3-4,8H2,1-2H3/t12-/m0/s1. The molecular formula is C14H18N6O. The second-order valence-electron chi connectivity index (χ2n) is 5.05. The summed E-state index contributed by atoms with van der Waals surface area (Å²) in [6.45, 7) is 2.28. The van der Waals surface area contributed by atoms with Crippen LogP contribution in [0.25, 0.3) is 11.1 Å². The van der Waals surface area contributed by atoms with Gasteiger partial charge in [0, 0.05) is 56.9 Å². The molecule has 1 aliphatic heterocycles. The highest BCUT2D eigenvalue weighted by Gasteiger charge is 2.22. The van der Waals surface area contributed by atoms with Crippen LogP contribution in [0.2, 0.25) is 0 Å². The molecule has 1 saturated heterocycles. The van der Waals surface area contributed by atoms with Gasteiger partial charge in [-0.05, 0) is 0 Å². The predicted molar refractivity (Wildman–Crippen MR) is 78.9 cm³/mol. The van der Waals surface area contributed by atoms with Gasteiger partial charge in [0.05, 0.1) is 12.3 Å². The largest absolute Gasteiger partial charge is 0.369 e. The summed E-state index contributed by atoms with van der Waals surface area (Å²) >= 11 is 0. The highest BCUT2D eigenvalue weighted by molar-refractivity contribution is 5.64. The van der Waals surface area contributed by atoms with Gasteiger partial charge in [-0.1, -0.05) is 0 Å². The van der Waals surface area contributed by atoms with Gasteiger partial charge >= 0.3 is 0 Å². The fourth-order valence-electron chi connectivity index (χ4n) is 2.25. The van der Waals surface area contributed by atoms with Gasteiger partial charge in [-0.2, -0.15) is 0 Å². The topological polar surface area (TPSA) is 76.1 Å². The minimum Gasteiger partial charge on any atom is -0.369 e. The number of hydrogen-bond acceptors (Lipinski definition) is 7. The lowest BCUT2D eigenvalue weighted by Crippen LogP contribution is -2.34. The van der Waals surface area contributed by atoms with E-state index in [0.717, 1.165) is 29.9 Å². The molecule has 7 heteroatoms. The van der Waals surface area contributed by atoms with Crippen molar-refractivity contribution in [1.82, 2.24) is 25.3 Å². The summed E-state index contributed by atoms with van der Waals surface area (Å²) < 4.78 is 5.85. The Morgan fingerprint density at radius 1 is 1.24 bits per heavy atom. The van der Waals surface area contributed by atoms with E-state index in [1.807, 2.05) is 25.2 Å². The van der Waals surface area contributed by atoms with E-state index < -0.39 is 0 Å². The van der Waals surface area contributed by atoms with E-state index in [4.69, 9.17) is 4.74 Å². The van der Waals surface area contributed by atoms with Crippen molar-refractivity contribution < 1.29 is 4.74 Å². The van der Waals surface area contributed by atoms with Gasteiger partial charge in [0.2, 0.25) is 5.95 Å². The van der Waals surface area contributed by atoms with Crippen LogP contribution in [0.5, 0.6) is 0 Å². The van der Waals surface area contributed by atoms with Crippen LogP contribution < -0.4 is 10.2 Å². The van der Waals surface area contributed by atoms with Crippen molar-refractivity contribution in [3.63, 3.8) is 0 Å². The Balaban J connectivity index is 2.05. The summed E-state index contributed by atoms with van der Waals surface area (Å²) in [5.41, 5.74) is 2.68. The maximum Gasteiger partial charge on any atom is 0.225 e. The summed E-state index contributed by atoms with van der Waals surface area (Å²) in [4.78, 5) is 19.1. The first-order valence-electron chi connectivity index (χ1n) is 6.87. The molecule has 0 aromatic carbocycles. The molecule has 2 aromatic heterocycles. The van der Waals surface area contributed by atoms with E-state index >= 15 is 0 Å². The minimum absolute atomic E-state index is 0.0874. The van der Waals surface area contributed by atoms with Crippen LogP contribution in [0, 0.1) is 0 Å². The van der Waals surface area contributed by atoms with Gasteiger partial charge < -0.3 is 15.0 Å². The third kappa shape index (κ3) is 2.98. The maximum absolute atomic E-state index is 5.85. The van der Waals surface area contributed by atoms with Crippen LogP contribution in [-0.4, -0.2) is 53.7 Å². The molecule has 0 saturated carbocycles. The van der Waals surface area contributed by atoms with Crippen molar-refractivity contribution in [3.05, 3.63) is 30.6 Å². The number of hydrogen-bond donors (Lipinski definition) is 1. The van der Waals surface area contributed by atoms with E-state index in [1.54, 1.807) is 12.4 Å². The second-order valence-corrected chi connectivity index (χ2v) is 5.05. The van der Waals surface area contributed by atoms with Crippen LogP contribution >= 0.6 is 0 Å². The number of aromatic nitrogens is 4. The maximum atomic E-state index is 5.85. The normalized spacial score (nSPS) is 18.5. The first-order valence-corrected chi connectivity index (χ1v) is 6.87. The summed E-state index contributed by atoms with van der Waals surface area (Å²) in [7, 11) is 3.84. The third-order valence-electron chi connectivity index (χ3n) is 3.31. The Labute approximate surface area is 123 Å². The Morgan fingerprint density at radius 2 is 2.05 bits per heavy atom. The van der Waals surface area contributed by atoms with Gasteiger partial charge in [-0.3, -0.25) is 0 Å². The van der Waals surface area contributed by atoms with Gasteiger partial charge in [-0.25, -0.2) is 19.9 Å². The molecule has 2 aromatic rings. The van der Waals surface area contributed by atoms with Crippen molar-refractivity contribution in [2.45, 2.75) is 6.10 Å². The molecule has 7 nitrogen and oxygen atoms in total. The number of anilines is 1. The molecule has 0 amide bonds. The van der Waals surface area contributed by atoms with E-state index in [9.17, 15) is 0 Å². The van der Waals surface area contributed by atoms with Gasteiger partial charge in [-0.15, -0.1) is 0 Å². The predicted octanol–water partition coefficient (Wildman–Crippen LogP) is 0.660. The highest BCUT2D eigenvalue weighted by Crippen LogP contribution is 2.29. The molecule has 1 N–H and O–H groups in total. The lowest BCUT2D eigenvalue weighted by molar-refractivity contribution is 0.0254. The molecule has 3 heterocycles. The molecule has 1 aliphatic rings. The molecule has 1 atom stereocenters. The Hall–Kier alpha value is -2.12. The molecule has 0 bridgehead atoms. The summed E-state index contributed by atoms with van der Waals surface area (Å²) in [6.07, 6.45) is 6.77. The summed E-state index contributed by atoms with van der Waals surface area (Å²) in [5, 5.41) is 3.33. The van der Waals surface area contributed by atoms with E-state index in [2.05, 4.69) is 25.3 Å². The molecule has 3 rings (SSSR count). The molecule has 0 spiro atoms. The van der Waals surface area contributed by atoms with Crippen LogP contribution in [0.4, 0.5) is 5.95 Å². The van der Waals surface area contributed by atoms with Crippen molar-refractivity contribution in [3.8, 4) is 11.1 Å². The molecule has 1 fully saturated rings. The zero-order valence-corrected chi connectivity index (χ0v) is 12.2. The number of nitrogens with one attached hydrogen (secondary N) is 1. The lowest BCUT2D eigenvalue weighted by atomic mass is 10.0. The monoisotopic (exact) mass is 286 g/mol. The van der Waals surface area contributed by atoms with E-state index in [-0.39, 0.29) is 6.10 Å².